The van der Waals surface area contributed by atoms with Gasteiger partial charge in [0.15, 0.2) is 0 Å². The van der Waals surface area contributed by atoms with Gasteiger partial charge in [0.05, 0.1) is 30.7 Å². The van der Waals surface area contributed by atoms with E-state index in [0.29, 0.717) is 42.2 Å². The number of oxime groups is 1. The molecule has 6 rings (SSSR count). The molecule has 0 radical (unpaired) electrons. The summed E-state index contributed by atoms with van der Waals surface area (Å²) < 4.78 is 40.6. The molecule has 1 fully saturated rings. The highest BCUT2D eigenvalue weighted by molar-refractivity contribution is 7.99. The third-order valence-electron chi connectivity index (χ3n) is 11.4. The van der Waals surface area contributed by atoms with Gasteiger partial charge in [0.1, 0.15) is 37.1 Å². The van der Waals surface area contributed by atoms with E-state index in [9.17, 15) is 19.4 Å². The number of aliphatic hydroxyl groups is 2. The number of fused-ring (bicyclic) bond motifs is 2. The first kappa shape index (κ1) is 44.5. The molecular weight excluding hydrogens is 795 g/mol. The molecule has 3 aromatic carbocycles. The molecule has 1 amide bonds. The van der Waals surface area contributed by atoms with Crippen LogP contribution in [-0.4, -0.2) is 90.5 Å². The molecule has 2 aliphatic carbocycles. The van der Waals surface area contributed by atoms with Crippen LogP contribution in [0.15, 0.2) is 107 Å². The highest BCUT2D eigenvalue weighted by Gasteiger charge is 2.65. The molecule has 0 saturated heterocycles. The number of allylic oxidation sites excluding steroid dienone is 1. The monoisotopic (exact) mass is 850 g/mol. The maximum absolute atomic E-state index is 14.3. The number of ether oxygens (including phenoxy) is 4. The Balaban J connectivity index is 1.51. The van der Waals surface area contributed by atoms with Gasteiger partial charge in [0.2, 0.25) is 5.79 Å². The van der Waals surface area contributed by atoms with Crippen molar-refractivity contribution in [3.8, 4) is 11.5 Å². The van der Waals surface area contributed by atoms with Crippen molar-refractivity contribution in [1.82, 2.24) is 4.90 Å². The fraction of sp³-hybridized carbons (Fsp3) is 0.478. The van der Waals surface area contributed by atoms with E-state index in [1.165, 1.54) is 24.1 Å². The zero-order valence-electron chi connectivity index (χ0n) is 33.7. The molecular formula is C46H56ClFN2O8S. The summed E-state index contributed by atoms with van der Waals surface area (Å²) in [4.78, 5) is 22.6. The summed E-state index contributed by atoms with van der Waals surface area (Å²) in [6.07, 6.45) is 8.06. The van der Waals surface area contributed by atoms with Crippen LogP contribution in [0.2, 0.25) is 0 Å². The van der Waals surface area contributed by atoms with Gasteiger partial charge in [-0.1, -0.05) is 60.5 Å². The van der Waals surface area contributed by atoms with Crippen LogP contribution >= 0.6 is 23.4 Å². The molecule has 13 heteroatoms. The topological polar surface area (TPSA) is 119 Å². The number of benzene rings is 3. The normalized spacial score (nSPS) is 23.6. The number of unbranched alkanes of at least 4 members (excludes halogenated alkanes) is 2. The average Bonchev–Trinajstić information content (AvgIpc) is 3.25. The van der Waals surface area contributed by atoms with Crippen LogP contribution in [0, 0.1) is 23.6 Å². The number of amides is 1. The van der Waals surface area contributed by atoms with Crippen LogP contribution in [0.3, 0.4) is 0 Å². The molecule has 0 aromatic heterocycles. The van der Waals surface area contributed by atoms with Crippen molar-refractivity contribution >= 4 is 35.2 Å². The quantitative estimate of drug-likeness (QED) is 0.0336. The number of nitrogens with zero attached hydrogens (tertiary/aromatic N) is 2. The third-order valence-corrected chi connectivity index (χ3v) is 12.5. The van der Waals surface area contributed by atoms with E-state index in [0.717, 1.165) is 42.6 Å². The Kier molecular flexibility index (Phi) is 16.6. The summed E-state index contributed by atoms with van der Waals surface area (Å²) in [7, 11) is 1.51. The Morgan fingerprint density at radius 3 is 2.53 bits per heavy atom. The first-order valence-corrected chi connectivity index (χ1v) is 22.0. The van der Waals surface area contributed by atoms with Crippen molar-refractivity contribution in [3.05, 3.63) is 114 Å². The molecule has 3 aliphatic rings. The van der Waals surface area contributed by atoms with Gasteiger partial charge >= 0.3 is 6.09 Å². The molecule has 1 saturated carbocycles. The number of carbonyl (C=O) groups excluding carboxylic acids is 1. The zero-order valence-corrected chi connectivity index (χ0v) is 35.3. The van der Waals surface area contributed by atoms with Crippen molar-refractivity contribution < 1.29 is 43.2 Å². The fourth-order valence-corrected chi connectivity index (χ4v) is 9.81. The predicted molar refractivity (Wildman–Crippen MR) is 229 cm³/mol. The second-order valence-electron chi connectivity index (χ2n) is 15.0. The van der Waals surface area contributed by atoms with Gasteiger partial charge in [0.25, 0.3) is 0 Å². The van der Waals surface area contributed by atoms with Crippen LogP contribution < -0.4 is 9.47 Å². The predicted octanol–water partition coefficient (Wildman–Crippen LogP) is 9.14. The fourth-order valence-electron chi connectivity index (χ4n) is 8.98. The average molecular weight is 851 g/mol. The Bertz CT molecular complexity index is 1880. The van der Waals surface area contributed by atoms with Crippen LogP contribution in [0.5, 0.6) is 11.5 Å². The maximum atomic E-state index is 14.3. The summed E-state index contributed by atoms with van der Waals surface area (Å²) in [5.74, 6) is -0.305. The van der Waals surface area contributed by atoms with Gasteiger partial charge in [-0.15, -0.1) is 29.9 Å². The number of hydrogen-bond donors (Lipinski definition) is 2. The smallest absolute Gasteiger partial charge is 0.410 e. The molecule has 59 heavy (non-hydrogen) atoms. The van der Waals surface area contributed by atoms with Gasteiger partial charge in [-0.3, -0.25) is 4.90 Å². The second kappa shape index (κ2) is 22.0. The lowest BCUT2D eigenvalue weighted by molar-refractivity contribution is -0.256. The van der Waals surface area contributed by atoms with Gasteiger partial charge in [-0.2, -0.15) is 0 Å². The van der Waals surface area contributed by atoms with Gasteiger partial charge in [-0.25, -0.2) is 9.18 Å². The summed E-state index contributed by atoms with van der Waals surface area (Å²) in [5.41, 5.74) is 3.20. The van der Waals surface area contributed by atoms with E-state index in [1.54, 1.807) is 34.9 Å². The molecule has 3 aromatic rings. The molecule has 1 heterocycles. The molecule has 318 valence electrons. The van der Waals surface area contributed by atoms with Gasteiger partial charge in [-0.05, 0) is 91.1 Å². The van der Waals surface area contributed by atoms with E-state index < -0.39 is 29.7 Å². The standard InChI is InChI=1S/C46H56ClFN2O8S/c1-3-24-57-46-42(50(45(53)56-25-21-47)31-32-15-17-34(48)18-16-32)30-40(49-54-2)38-28-33(11-7-9-22-51)37(14-8-10-23-52)43(44(38)46)39-29-35(19-20-41(39)58-46)55-26-27-59-36-12-5-4-6-13-36/h3-6,12-13,15-20,28-29,33,37,42-44,51-52H,1,7-11,14,21-27,30-31H2,2H3/t33-,37+,42-,43+,44+,46+/m0/s1. The molecule has 0 spiro atoms. The number of aliphatic hydroxyl groups excluding tert-OH is 2. The van der Waals surface area contributed by atoms with Crippen LogP contribution in [0.4, 0.5) is 9.18 Å². The van der Waals surface area contributed by atoms with Crippen LogP contribution in [0.25, 0.3) is 0 Å². The van der Waals surface area contributed by atoms with Crippen molar-refractivity contribution in [1.29, 1.82) is 0 Å². The van der Waals surface area contributed by atoms with E-state index in [1.807, 2.05) is 30.3 Å². The summed E-state index contributed by atoms with van der Waals surface area (Å²) >= 11 is 7.76. The van der Waals surface area contributed by atoms with Crippen LogP contribution in [-0.2, 0) is 20.9 Å². The Morgan fingerprint density at radius 2 is 1.81 bits per heavy atom. The number of hydrogen-bond acceptors (Lipinski definition) is 10. The Hall–Kier alpha value is -4.07. The minimum atomic E-state index is -1.48. The minimum absolute atomic E-state index is 0.0253. The van der Waals surface area contributed by atoms with Crippen LogP contribution in [0.1, 0.15) is 62.0 Å². The number of alkyl halides is 1. The summed E-state index contributed by atoms with van der Waals surface area (Å²) in [6.45, 7) is 4.80. The first-order chi connectivity index (χ1) is 28.9. The molecule has 0 bridgehead atoms. The molecule has 10 nitrogen and oxygen atoms in total. The van der Waals surface area contributed by atoms with E-state index >= 15 is 0 Å². The van der Waals surface area contributed by atoms with Crippen molar-refractivity contribution in [2.75, 3.05) is 51.8 Å². The summed E-state index contributed by atoms with van der Waals surface area (Å²) in [6, 6.07) is 21.3. The Morgan fingerprint density at radius 1 is 1.05 bits per heavy atom. The van der Waals surface area contributed by atoms with E-state index in [2.05, 4.69) is 36.0 Å². The molecule has 0 unspecified atom stereocenters. The largest absolute Gasteiger partial charge is 0.493 e. The molecule has 1 aliphatic heterocycles. The SMILES string of the molecule is C=CCO[C@@]12Oc3ccc(OCCSc4ccccc4)cc3[C@H]3[C@H](CCCCO)[C@@H](CCCCO)C=C(C(=NOC)C[C@@H]1N(Cc1ccc(F)cc1)C(=O)OCCCl)[C@H]32. The lowest BCUT2D eigenvalue weighted by Crippen LogP contribution is -2.70. The zero-order chi connectivity index (χ0) is 41.6. The number of rotatable bonds is 22. The number of thioether (sulfide) groups is 1. The van der Waals surface area contributed by atoms with Crippen molar-refractivity contribution in [2.24, 2.45) is 22.9 Å². The van der Waals surface area contributed by atoms with Gasteiger partial charge in [0, 0.05) is 48.3 Å². The van der Waals surface area contributed by atoms with Gasteiger partial charge < -0.3 is 34.0 Å². The van der Waals surface area contributed by atoms with Crippen molar-refractivity contribution in [2.45, 2.75) is 74.1 Å². The highest BCUT2D eigenvalue weighted by atomic mass is 35.5. The third kappa shape index (κ3) is 10.6. The number of halogens is 2. The van der Waals surface area contributed by atoms with Crippen molar-refractivity contribution in [3.63, 3.8) is 0 Å². The maximum Gasteiger partial charge on any atom is 0.410 e. The minimum Gasteiger partial charge on any atom is -0.493 e. The molecule has 2 N–H and O–H groups in total. The van der Waals surface area contributed by atoms with E-state index in [-0.39, 0.29) is 63.0 Å². The lowest BCUT2D eigenvalue weighted by atomic mass is 9.55. The summed E-state index contributed by atoms with van der Waals surface area (Å²) in [5, 5.41) is 24.4. The first-order valence-electron chi connectivity index (χ1n) is 20.5. The molecule has 6 atom stereocenters. The highest BCUT2D eigenvalue weighted by Crippen LogP contribution is 2.62. The Labute approximate surface area is 356 Å². The number of carbonyl (C=O) groups is 1. The van der Waals surface area contributed by atoms with E-state index in [4.69, 9.17) is 35.4 Å². The lowest BCUT2D eigenvalue weighted by Gasteiger charge is -2.59. The second-order valence-corrected chi connectivity index (χ2v) is 16.6.